The van der Waals surface area contributed by atoms with E-state index >= 15 is 0 Å². The molecule has 1 aromatic carbocycles. The molecular formula is C22H28NO3-. The summed E-state index contributed by atoms with van der Waals surface area (Å²) in [5, 5.41) is 14.3. The molecule has 4 bridgehead atoms. The van der Waals surface area contributed by atoms with Crippen molar-refractivity contribution in [3.8, 4) is 0 Å². The molecular weight excluding hydrogens is 326 g/mol. The molecule has 4 nitrogen and oxygen atoms in total. The molecule has 1 atom stereocenters. The number of nitrogens with one attached hydrogen (secondary N) is 1. The fraction of sp³-hybridized carbons (Fsp3) is 0.636. The number of rotatable bonds is 7. The summed E-state index contributed by atoms with van der Waals surface area (Å²) in [6.07, 6.45) is 8.09. The maximum Gasteiger partial charge on any atom is 0.223 e. The first-order valence-electron chi connectivity index (χ1n) is 10.0. The third-order valence-corrected chi connectivity index (χ3v) is 6.91. The zero-order chi connectivity index (χ0) is 18.1. The molecule has 140 valence electrons. The van der Waals surface area contributed by atoms with E-state index in [0.717, 1.165) is 23.3 Å². The van der Waals surface area contributed by atoms with Crippen LogP contribution in [0.2, 0.25) is 0 Å². The Morgan fingerprint density at radius 2 is 1.62 bits per heavy atom. The van der Waals surface area contributed by atoms with Crippen LogP contribution in [0.15, 0.2) is 30.3 Å². The van der Waals surface area contributed by atoms with Crippen LogP contribution in [0.5, 0.6) is 0 Å². The Morgan fingerprint density at radius 3 is 2.15 bits per heavy atom. The van der Waals surface area contributed by atoms with Crippen molar-refractivity contribution in [3.05, 3.63) is 35.9 Å². The van der Waals surface area contributed by atoms with Crippen LogP contribution in [-0.4, -0.2) is 18.4 Å². The van der Waals surface area contributed by atoms with E-state index in [1.165, 1.54) is 38.5 Å². The molecule has 0 heterocycles. The van der Waals surface area contributed by atoms with Gasteiger partial charge in [0.15, 0.2) is 0 Å². The number of benzene rings is 1. The summed E-state index contributed by atoms with van der Waals surface area (Å²) in [7, 11) is 0. The number of aliphatic carboxylic acids is 1. The predicted molar refractivity (Wildman–Crippen MR) is 96.9 cm³/mol. The molecule has 4 heteroatoms. The zero-order valence-electron chi connectivity index (χ0n) is 15.3. The number of hydrogen-bond donors (Lipinski definition) is 1. The van der Waals surface area contributed by atoms with E-state index in [2.05, 4.69) is 5.32 Å². The molecule has 4 saturated carbocycles. The minimum absolute atomic E-state index is 0.131. The molecule has 0 radical (unpaired) electrons. The van der Waals surface area contributed by atoms with E-state index in [1.54, 1.807) is 0 Å². The zero-order valence-corrected chi connectivity index (χ0v) is 15.3. The molecule has 4 fully saturated rings. The number of carbonyl (C=O) groups is 2. The monoisotopic (exact) mass is 354 g/mol. The van der Waals surface area contributed by atoms with Crippen molar-refractivity contribution in [2.45, 2.75) is 51.4 Å². The SMILES string of the molecule is O=C([O-])C[C@H](Cc1ccccc1)C(=O)NCC12CC3CC(CC(C3)C1)C2. The van der Waals surface area contributed by atoms with E-state index in [4.69, 9.17) is 0 Å². The van der Waals surface area contributed by atoms with Gasteiger partial charge in [-0.15, -0.1) is 0 Å². The van der Waals surface area contributed by atoms with Crippen LogP contribution in [0.3, 0.4) is 0 Å². The molecule has 4 aliphatic carbocycles. The molecule has 0 unspecified atom stereocenters. The van der Waals surface area contributed by atoms with Gasteiger partial charge in [-0.25, -0.2) is 0 Å². The Labute approximate surface area is 155 Å². The first kappa shape index (κ1) is 17.6. The Balaban J connectivity index is 1.39. The molecule has 4 aliphatic rings. The first-order valence-corrected chi connectivity index (χ1v) is 10.0. The topological polar surface area (TPSA) is 69.2 Å². The van der Waals surface area contributed by atoms with Crippen molar-refractivity contribution in [2.75, 3.05) is 6.54 Å². The van der Waals surface area contributed by atoms with Crippen LogP contribution < -0.4 is 10.4 Å². The van der Waals surface area contributed by atoms with Gasteiger partial charge in [0.1, 0.15) is 0 Å². The van der Waals surface area contributed by atoms with E-state index in [0.29, 0.717) is 13.0 Å². The number of carboxylic acid groups (broad SMARTS) is 1. The molecule has 0 aromatic heterocycles. The molecule has 1 N–H and O–H groups in total. The van der Waals surface area contributed by atoms with Gasteiger partial charge in [-0.3, -0.25) is 4.79 Å². The minimum Gasteiger partial charge on any atom is -0.550 e. The molecule has 1 aromatic rings. The number of carboxylic acids is 1. The average molecular weight is 354 g/mol. The lowest BCUT2D eigenvalue weighted by atomic mass is 9.49. The van der Waals surface area contributed by atoms with E-state index < -0.39 is 11.9 Å². The largest absolute Gasteiger partial charge is 0.550 e. The Kier molecular flexibility index (Phi) is 4.76. The predicted octanol–water partition coefficient (Wildman–Crippen LogP) is 2.32. The summed E-state index contributed by atoms with van der Waals surface area (Å²) in [5.74, 6) is 0.699. The van der Waals surface area contributed by atoms with E-state index in [1.807, 2.05) is 30.3 Å². The van der Waals surface area contributed by atoms with Crippen molar-refractivity contribution in [3.63, 3.8) is 0 Å². The third-order valence-electron chi connectivity index (χ3n) is 6.91. The maximum absolute atomic E-state index is 12.8. The fourth-order valence-electron chi connectivity index (χ4n) is 6.28. The van der Waals surface area contributed by atoms with Gasteiger partial charge in [0, 0.05) is 18.4 Å². The summed E-state index contributed by atoms with van der Waals surface area (Å²) in [6.45, 7) is 0.716. The Bertz CT molecular complexity index is 634. The quantitative estimate of drug-likeness (QED) is 0.817. The first-order chi connectivity index (χ1) is 12.5. The Morgan fingerprint density at radius 1 is 1.04 bits per heavy atom. The summed E-state index contributed by atoms with van der Waals surface area (Å²) >= 11 is 0. The molecule has 26 heavy (non-hydrogen) atoms. The number of carbonyl (C=O) groups excluding carboxylic acids is 2. The lowest BCUT2D eigenvalue weighted by Gasteiger charge is -2.57. The van der Waals surface area contributed by atoms with Gasteiger partial charge in [0.2, 0.25) is 5.91 Å². The summed E-state index contributed by atoms with van der Waals surface area (Å²) < 4.78 is 0. The molecule has 0 aliphatic heterocycles. The minimum atomic E-state index is -1.16. The average Bonchev–Trinajstić information content (AvgIpc) is 2.58. The lowest BCUT2D eigenvalue weighted by molar-refractivity contribution is -0.306. The number of amides is 1. The lowest BCUT2D eigenvalue weighted by Crippen LogP contribution is -2.52. The third kappa shape index (κ3) is 3.79. The van der Waals surface area contributed by atoms with Crippen molar-refractivity contribution in [2.24, 2.45) is 29.1 Å². The van der Waals surface area contributed by atoms with Crippen LogP contribution >= 0.6 is 0 Å². The Hall–Kier alpha value is -1.84. The van der Waals surface area contributed by atoms with Gasteiger partial charge in [-0.05, 0) is 80.1 Å². The second-order valence-corrected chi connectivity index (χ2v) is 9.10. The highest BCUT2D eigenvalue weighted by atomic mass is 16.4. The fourth-order valence-corrected chi connectivity index (χ4v) is 6.28. The van der Waals surface area contributed by atoms with Crippen molar-refractivity contribution >= 4 is 11.9 Å². The summed E-state index contributed by atoms with van der Waals surface area (Å²) in [6, 6.07) is 9.63. The van der Waals surface area contributed by atoms with Gasteiger partial charge < -0.3 is 15.2 Å². The van der Waals surface area contributed by atoms with Crippen LogP contribution in [0.25, 0.3) is 0 Å². The van der Waals surface area contributed by atoms with Gasteiger partial charge in [0.25, 0.3) is 0 Å². The van der Waals surface area contributed by atoms with Crippen molar-refractivity contribution < 1.29 is 14.7 Å². The highest BCUT2D eigenvalue weighted by molar-refractivity contribution is 5.83. The highest BCUT2D eigenvalue weighted by Gasteiger charge is 2.50. The van der Waals surface area contributed by atoms with Crippen molar-refractivity contribution in [1.82, 2.24) is 5.32 Å². The normalized spacial score (nSPS) is 33.0. The van der Waals surface area contributed by atoms with Gasteiger partial charge in [-0.1, -0.05) is 30.3 Å². The maximum atomic E-state index is 12.8. The van der Waals surface area contributed by atoms with Gasteiger partial charge >= 0.3 is 0 Å². The second kappa shape index (κ2) is 7.05. The van der Waals surface area contributed by atoms with Crippen LogP contribution in [0.4, 0.5) is 0 Å². The van der Waals surface area contributed by atoms with Crippen LogP contribution in [0, 0.1) is 29.1 Å². The van der Waals surface area contributed by atoms with Gasteiger partial charge in [0.05, 0.1) is 0 Å². The van der Waals surface area contributed by atoms with Crippen LogP contribution in [0.1, 0.15) is 50.5 Å². The van der Waals surface area contributed by atoms with Gasteiger partial charge in [-0.2, -0.15) is 0 Å². The van der Waals surface area contributed by atoms with Crippen molar-refractivity contribution in [1.29, 1.82) is 0 Å². The van der Waals surface area contributed by atoms with Crippen LogP contribution in [-0.2, 0) is 16.0 Å². The smallest absolute Gasteiger partial charge is 0.223 e. The molecule has 1 amide bonds. The number of hydrogen-bond acceptors (Lipinski definition) is 3. The molecule has 0 saturated heterocycles. The van der Waals surface area contributed by atoms with E-state index in [-0.39, 0.29) is 17.7 Å². The summed E-state index contributed by atoms with van der Waals surface area (Å²) in [5.41, 5.74) is 1.26. The highest BCUT2D eigenvalue weighted by Crippen LogP contribution is 2.59. The molecule has 0 spiro atoms. The summed E-state index contributed by atoms with van der Waals surface area (Å²) in [4.78, 5) is 23.9. The standard InChI is InChI=1S/C22H29NO3/c24-20(25)10-19(9-15-4-2-1-3-5-15)21(26)23-14-22-11-16-6-17(12-22)8-18(7-16)13-22/h1-5,16-19H,6-14H2,(H,23,26)(H,24,25)/p-1/t16?,17?,18?,19-,22?/m0/s1. The molecule has 5 rings (SSSR count). The second-order valence-electron chi connectivity index (χ2n) is 9.10. The van der Waals surface area contributed by atoms with E-state index in [9.17, 15) is 14.7 Å².